The molecular formula is C10H10BrNO2. The minimum absolute atomic E-state index is 0.495. The van der Waals surface area contributed by atoms with E-state index >= 15 is 0 Å². The summed E-state index contributed by atoms with van der Waals surface area (Å²) in [6.45, 7) is 0.495. The Bertz CT molecular complexity index is 350. The molecule has 0 aliphatic heterocycles. The molecule has 1 rings (SSSR count). The van der Waals surface area contributed by atoms with E-state index in [4.69, 9.17) is 5.11 Å². The smallest absolute Gasteiger partial charge is 0.328 e. The van der Waals surface area contributed by atoms with Crippen LogP contribution >= 0.6 is 15.9 Å². The second kappa shape index (κ2) is 5.44. The molecule has 4 heteroatoms. The van der Waals surface area contributed by atoms with Crippen molar-refractivity contribution in [1.82, 2.24) is 0 Å². The Morgan fingerprint density at radius 2 is 2.21 bits per heavy atom. The molecule has 74 valence electrons. The predicted molar refractivity (Wildman–Crippen MR) is 59.4 cm³/mol. The third-order valence-corrected chi connectivity index (χ3v) is 2.24. The molecule has 0 saturated heterocycles. The van der Waals surface area contributed by atoms with Crippen LogP contribution in [0.15, 0.2) is 40.9 Å². The van der Waals surface area contributed by atoms with Gasteiger partial charge in [0.25, 0.3) is 0 Å². The lowest BCUT2D eigenvalue weighted by Crippen LogP contribution is -1.99. The minimum atomic E-state index is -0.932. The van der Waals surface area contributed by atoms with Crippen LogP contribution < -0.4 is 5.32 Å². The molecule has 0 amide bonds. The van der Waals surface area contributed by atoms with Crippen LogP contribution in [0, 0.1) is 0 Å². The molecule has 2 N–H and O–H groups in total. The third-order valence-electron chi connectivity index (χ3n) is 1.54. The Labute approximate surface area is 90.6 Å². The van der Waals surface area contributed by atoms with Crippen molar-refractivity contribution in [3.63, 3.8) is 0 Å². The van der Waals surface area contributed by atoms with Crippen LogP contribution in [0.3, 0.4) is 0 Å². The predicted octanol–water partition coefficient (Wildman–Crippen LogP) is 2.50. The number of aliphatic carboxylic acids is 1. The van der Waals surface area contributed by atoms with E-state index in [-0.39, 0.29) is 0 Å². The minimum Gasteiger partial charge on any atom is -0.478 e. The molecule has 0 aliphatic carbocycles. The summed E-state index contributed by atoms with van der Waals surface area (Å²) in [5.41, 5.74) is 0.947. The monoisotopic (exact) mass is 255 g/mol. The number of para-hydroxylation sites is 1. The molecule has 0 radical (unpaired) electrons. The third kappa shape index (κ3) is 3.62. The number of carboxylic acid groups (broad SMARTS) is 1. The zero-order chi connectivity index (χ0) is 10.4. The molecule has 0 bridgehead atoms. The summed E-state index contributed by atoms with van der Waals surface area (Å²) in [4.78, 5) is 10.2. The first-order chi connectivity index (χ1) is 6.70. The molecule has 0 unspecified atom stereocenters. The van der Waals surface area contributed by atoms with Crippen molar-refractivity contribution in [3.8, 4) is 0 Å². The lowest BCUT2D eigenvalue weighted by molar-refractivity contribution is -0.131. The number of anilines is 1. The molecule has 0 atom stereocenters. The highest BCUT2D eigenvalue weighted by molar-refractivity contribution is 9.10. The molecule has 0 aromatic heterocycles. The Morgan fingerprint density at radius 3 is 2.86 bits per heavy atom. The lowest BCUT2D eigenvalue weighted by Gasteiger charge is -2.04. The fourth-order valence-corrected chi connectivity index (χ4v) is 1.36. The summed E-state index contributed by atoms with van der Waals surface area (Å²) in [6.07, 6.45) is 2.67. The van der Waals surface area contributed by atoms with Crippen LogP contribution in [-0.4, -0.2) is 17.6 Å². The van der Waals surface area contributed by atoms with Gasteiger partial charge in [0.1, 0.15) is 0 Å². The number of hydrogen-bond acceptors (Lipinski definition) is 2. The van der Waals surface area contributed by atoms with Crippen LogP contribution in [0.1, 0.15) is 0 Å². The molecule has 0 heterocycles. The summed E-state index contributed by atoms with van der Waals surface area (Å²) >= 11 is 3.37. The molecule has 0 aliphatic rings. The molecule has 1 aromatic carbocycles. The maximum Gasteiger partial charge on any atom is 0.328 e. The standard InChI is InChI=1S/C10H10BrNO2/c11-8-4-1-2-5-9(8)12-7-3-6-10(13)14/h1-6,12H,7H2,(H,13,14)/b6-3+. The molecule has 3 nitrogen and oxygen atoms in total. The van der Waals surface area contributed by atoms with E-state index in [1.807, 2.05) is 24.3 Å². The van der Waals surface area contributed by atoms with Gasteiger partial charge in [0.2, 0.25) is 0 Å². The van der Waals surface area contributed by atoms with Gasteiger partial charge in [0, 0.05) is 22.8 Å². The number of carbonyl (C=O) groups is 1. The molecular weight excluding hydrogens is 246 g/mol. The first-order valence-electron chi connectivity index (χ1n) is 4.08. The molecule has 0 spiro atoms. The maximum atomic E-state index is 10.2. The van der Waals surface area contributed by atoms with E-state index in [2.05, 4.69) is 21.2 Å². The Hall–Kier alpha value is -1.29. The first kappa shape index (κ1) is 10.8. The van der Waals surface area contributed by atoms with E-state index in [9.17, 15) is 4.79 Å². The highest BCUT2D eigenvalue weighted by Gasteiger charge is 1.94. The van der Waals surface area contributed by atoms with E-state index in [0.29, 0.717) is 6.54 Å². The number of benzene rings is 1. The van der Waals surface area contributed by atoms with E-state index in [0.717, 1.165) is 16.2 Å². The fraction of sp³-hybridized carbons (Fsp3) is 0.100. The SMILES string of the molecule is O=C(O)/C=C/CNc1ccccc1Br. The molecule has 0 fully saturated rings. The van der Waals surface area contributed by atoms with Crippen molar-refractivity contribution in [2.75, 3.05) is 11.9 Å². The average Bonchev–Trinajstić information content (AvgIpc) is 2.15. The highest BCUT2D eigenvalue weighted by Crippen LogP contribution is 2.20. The number of hydrogen-bond donors (Lipinski definition) is 2. The van der Waals surface area contributed by atoms with Crippen LogP contribution in [0.5, 0.6) is 0 Å². The average molecular weight is 256 g/mol. The summed E-state index contributed by atoms with van der Waals surface area (Å²) in [7, 11) is 0. The van der Waals surface area contributed by atoms with Gasteiger partial charge in [-0.1, -0.05) is 18.2 Å². The van der Waals surface area contributed by atoms with Crippen LogP contribution in [0.25, 0.3) is 0 Å². The second-order valence-electron chi connectivity index (χ2n) is 2.60. The van der Waals surface area contributed by atoms with Gasteiger partial charge in [-0.2, -0.15) is 0 Å². The van der Waals surface area contributed by atoms with E-state index in [1.165, 1.54) is 0 Å². The van der Waals surface area contributed by atoms with Gasteiger partial charge in [-0.3, -0.25) is 0 Å². The van der Waals surface area contributed by atoms with E-state index in [1.54, 1.807) is 6.08 Å². The van der Waals surface area contributed by atoms with Gasteiger partial charge in [0.05, 0.1) is 0 Å². The van der Waals surface area contributed by atoms with Crippen LogP contribution in [0.2, 0.25) is 0 Å². The molecule has 1 aromatic rings. The van der Waals surface area contributed by atoms with Gasteiger partial charge in [-0.05, 0) is 28.1 Å². The summed E-state index contributed by atoms with van der Waals surface area (Å²) in [5.74, 6) is -0.932. The molecule has 14 heavy (non-hydrogen) atoms. The van der Waals surface area contributed by atoms with Gasteiger partial charge >= 0.3 is 5.97 Å². The normalized spacial score (nSPS) is 10.4. The number of rotatable bonds is 4. The topological polar surface area (TPSA) is 49.3 Å². The summed E-state index contributed by atoms with van der Waals surface area (Å²) in [6, 6.07) is 7.66. The van der Waals surface area contributed by atoms with Crippen molar-refractivity contribution in [1.29, 1.82) is 0 Å². The van der Waals surface area contributed by atoms with Crippen molar-refractivity contribution in [3.05, 3.63) is 40.9 Å². The van der Waals surface area contributed by atoms with E-state index < -0.39 is 5.97 Å². The lowest BCUT2D eigenvalue weighted by atomic mass is 10.3. The zero-order valence-electron chi connectivity index (χ0n) is 7.40. The maximum absolute atomic E-state index is 10.2. The highest BCUT2D eigenvalue weighted by atomic mass is 79.9. The van der Waals surface area contributed by atoms with Crippen LogP contribution in [0.4, 0.5) is 5.69 Å². The van der Waals surface area contributed by atoms with Crippen molar-refractivity contribution < 1.29 is 9.90 Å². The van der Waals surface area contributed by atoms with Crippen LogP contribution in [-0.2, 0) is 4.79 Å². The van der Waals surface area contributed by atoms with Gasteiger partial charge < -0.3 is 10.4 Å². The van der Waals surface area contributed by atoms with Crippen molar-refractivity contribution in [2.45, 2.75) is 0 Å². The largest absolute Gasteiger partial charge is 0.478 e. The zero-order valence-corrected chi connectivity index (χ0v) is 8.99. The summed E-state index contributed by atoms with van der Waals surface area (Å²) in [5, 5.41) is 11.4. The number of carboxylic acids is 1. The van der Waals surface area contributed by atoms with Gasteiger partial charge in [-0.25, -0.2) is 4.79 Å². The second-order valence-corrected chi connectivity index (χ2v) is 3.46. The Kier molecular flexibility index (Phi) is 4.19. The quantitative estimate of drug-likeness (QED) is 0.814. The van der Waals surface area contributed by atoms with Crippen molar-refractivity contribution in [2.24, 2.45) is 0 Å². The van der Waals surface area contributed by atoms with Gasteiger partial charge in [-0.15, -0.1) is 0 Å². The van der Waals surface area contributed by atoms with Crippen molar-refractivity contribution >= 4 is 27.6 Å². The summed E-state index contributed by atoms with van der Waals surface area (Å²) < 4.78 is 0.962. The Morgan fingerprint density at radius 1 is 1.50 bits per heavy atom. The number of halogens is 1. The first-order valence-corrected chi connectivity index (χ1v) is 4.87. The number of nitrogens with one attached hydrogen (secondary N) is 1. The van der Waals surface area contributed by atoms with Gasteiger partial charge in [0.15, 0.2) is 0 Å². The fourth-order valence-electron chi connectivity index (χ4n) is 0.933. The Balaban J connectivity index is 2.46. The molecule has 0 saturated carbocycles.